The van der Waals surface area contributed by atoms with Crippen LogP contribution in [0.2, 0.25) is 0 Å². The summed E-state index contributed by atoms with van der Waals surface area (Å²) in [5.74, 6) is 1.12. The Hall–Kier alpha value is -3.03. The van der Waals surface area contributed by atoms with E-state index in [0.717, 1.165) is 43.2 Å². The van der Waals surface area contributed by atoms with Crippen LogP contribution in [0.4, 0.5) is 10.2 Å². The van der Waals surface area contributed by atoms with E-state index in [4.69, 9.17) is 0 Å². The van der Waals surface area contributed by atoms with Crippen molar-refractivity contribution < 1.29 is 9.18 Å². The number of halogens is 1. The van der Waals surface area contributed by atoms with Gasteiger partial charge < -0.3 is 10.2 Å². The summed E-state index contributed by atoms with van der Waals surface area (Å²) in [6.45, 7) is 3.47. The van der Waals surface area contributed by atoms with Crippen LogP contribution in [0, 0.1) is 12.7 Å². The molecule has 26 heavy (non-hydrogen) atoms. The number of nitrogens with zero attached hydrogens (tertiary/aromatic N) is 5. The van der Waals surface area contributed by atoms with Crippen molar-refractivity contribution >= 4 is 17.4 Å². The quantitative estimate of drug-likeness (QED) is 0.778. The molecule has 4 rings (SSSR count). The van der Waals surface area contributed by atoms with Crippen LogP contribution < -0.4 is 10.2 Å². The maximum Gasteiger partial charge on any atom is 0.251 e. The Morgan fingerprint density at radius 3 is 2.58 bits per heavy atom. The third-order valence-electron chi connectivity index (χ3n) is 4.67. The summed E-state index contributed by atoms with van der Waals surface area (Å²) in [5.41, 5.74) is 1.21. The van der Waals surface area contributed by atoms with Gasteiger partial charge >= 0.3 is 0 Å². The molecular weight excluding hydrogens is 335 g/mol. The minimum atomic E-state index is -0.345. The van der Waals surface area contributed by atoms with E-state index in [9.17, 15) is 9.18 Å². The Morgan fingerprint density at radius 2 is 1.85 bits per heavy atom. The van der Waals surface area contributed by atoms with Gasteiger partial charge in [-0.25, -0.2) is 4.39 Å². The van der Waals surface area contributed by atoms with Crippen LogP contribution in [0.3, 0.4) is 0 Å². The Balaban J connectivity index is 1.38. The molecule has 134 valence electrons. The number of anilines is 1. The van der Waals surface area contributed by atoms with Crippen LogP contribution in [-0.2, 0) is 0 Å². The first-order chi connectivity index (χ1) is 12.6. The van der Waals surface area contributed by atoms with Gasteiger partial charge in [-0.1, -0.05) is 0 Å². The zero-order valence-electron chi connectivity index (χ0n) is 14.4. The molecule has 1 N–H and O–H groups in total. The van der Waals surface area contributed by atoms with Crippen molar-refractivity contribution in [1.82, 2.24) is 25.1 Å². The molecule has 1 aliphatic heterocycles. The molecule has 8 heteroatoms. The number of piperidine rings is 1. The predicted molar refractivity (Wildman–Crippen MR) is 94.6 cm³/mol. The van der Waals surface area contributed by atoms with E-state index >= 15 is 0 Å². The number of aromatic nitrogens is 4. The number of nitrogens with one attached hydrogen (secondary N) is 1. The summed E-state index contributed by atoms with van der Waals surface area (Å²) in [7, 11) is 0. The molecule has 0 aliphatic carbocycles. The highest BCUT2D eigenvalue weighted by molar-refractivity contribution is 5.94. The first-order valence-corrected chi connectivity index (χ1v) is 8.60. The summed E-state index contributed by atoms with van der Waals surface area (Å²) in [5, 5.41) is 15.7. The highest BCUT2D eigenvalue weighted by Crippen LogP contribution is 2.19. The predicted octanol–water partition coefficient (Wildman–Crippen LogP) is 1.97. The number of rotatable bonds is 3. The Kier molecular flexibility index (Phi) is 4.24. The van der Waals surface area contributed by atoms with E-state index in [-0.39, 0.29) is 17.8 Å². The van der Waals surface area contributed by atoms with Crippen LogP contribution in [0.5, 0.6) is 0 Å². The van der Waals surface area contributed by atoms with Gasteiger partial charge in [0, 0.05) is 24.7 Å². The molecule has 0 saturated carbocycles. The zero-order chi connectivity index (χ0) is 18.1. The van der Waals surface area contributed by atoms with Gasteiger partial charge in [-0.3, -0.25) is 4.79 Å². The molecule has 7 nitrogen and oxygen atoms in total. The van der Waals surface area contributed by atoms with Gasteiger partial charge in [0.25, 0.3) is 5.91 Å². The van der Waals surface area contributed by atoms with E-state index in [2.05, 4.69) is 25.5 Å². The molecule has 1 amide bonds. The van der Waals surface area contributed by atoms with Gasteiger partial charge in [0.05, 0.1) is 0 Å². The third kappa shape index (κ3) is 3.22. The molecule has 0 spiro atoms. The number of amides is 1. The fourth-order valence-electron chi connectivity index (χ4n) is 3.18. The van der Waals surface area contributed by atoms with E-state index in [1.807, 2.05) is 19.1 Å². The lowest BCUT2D eigenvalue weighted by Crippen LogP contribution is -2.45. The van der Waals surface area contributed by atoms with Crippen LogP contribution >= 0.6 is 0 Å². The first-order valence-electron chi connectivity index (χ1n) is 8.60. The fourth-order valence-corrected chi connectivity index (χ4v) is 3.18. The summed E-state index contributed by atoms with van der Waals surface area (Å²) in [6, 6.07) is 9.55. The van der Waals surface area contributed by atoms with Crippen LogP contribution in [0.15, 0.2) is 36.4 Å². The summed E-state index contributed by atoms with van der Waals surface area (Å²) >= 11 is 0. The minimum absolute atomic E-state index is 0.101. The molecule has 1 aliphatic rings. The normalized spacial score (nSPS) is 15.4. The number of carbonyl (C=O) groups excluding carboxylic acids is 1. The molecule has 0 bridgehead atoms. The second kappa shape index (κ2) is 6.70. The van der Waals surface area contributed by atoms with Crippen molar-refractivity contribution in [2.24, 2.45) is 0 Å². The first kappa shape index (κ1) is 16.4. The van der Waals surface area contributed by atoms with Crippen molar-refractivity contribution in [1.29, 1.82) is 0 Å². The van der Waals surface area contributed by atoms with E-state index in [1.54, 1.807) is 4.52 Å². The van der Waals surface area contributed by atoms with Crippen LogP contribution in [0.25, 0.3) is 5.65 Å². The molecule has 0 unspecified atom stereocenters. The zero-order valence-corrected chi connectivity index (χ0v) is 14.4. The van der Waals surface area contributed by atoms with Gasteiger partial charge in [0.15, 0.2) is 11.5 Å². The number of hydrogen-bond donors (Lipinski definition) is 1. The Morgan fingerprint density at radius 1 is 1.12 bits per heavy atom. The van der Waals surface area contributed by atoms with Crippen molar-refractivity contribution in [3.63, 3.8) is 0 Å². The third-order valence-corrected chi connectivity index (χ3v) is 4.67. The summed E-state index contributed by atoms with van der Waals surface area (Å²) in [4.78, 5) is 14.4. The Labute approximate surface area is 149 Å². The van der Waals surface area contributed by atoms with Gasteiger partial charge in [0.1, 0.15) is 11.6 Å². The largest absolute Gasteiger partial charge is 0.355 e. The van der Waals surface area contributed by atoms with Crippen LogP contribution in [0.1, 0.15) is 29.0 Å². The lowest BCUT2D eigenvalue weighted by molar-refractivity contribution is 0.0931. The summed E-state index contributed by atoms with van der Waals surface area (Å²) < 4.78 is 14.7. The lowest BCUT2D eigenvalue weighted by Gasteiger charge is -2.33. The van der Waals surface area contributed by atoms with Crippen molar-refractivity contribution in [2.45, 2.75) is 25.8 Å². The molecule has 1 fully saturated rings. The topological polar surface area (TPSA) is 75.4 Å². The molecule has 0 radical (unpaired) electrons. The fraction of sp³-hybridized carbons (Fsp3) is 0.333. The maximum absolute atomic E-state index is 13.0. The smallest absolute Gasteiger partial charge is 0.251 e. The second-order valence-corrected chi connectivity index (χ2v) is 6.45. The molecule has 3 aromatic rings. The number of carbonyl (C=O) groups is 1. The monoisotopic (exact) mass is 354 g/mol. The second-order valence-electron chi connectivity index (χ2n) is 6.45. The number of aryl methyl sites for hydroxylation is 1. The summed E-state index contributed by atoms with van der Waals surface area (Å²) in [6.07, 6.45) is 1.65. The number of hydrogen-bond acceptors (Lipinski definition) is 5. The molecule has 3 heterocycles. The molecule has 2 aromatic heterocycles. The molecule has 1 aromatic carbocycles. The molecule has 0 atom stereocenters. The highest BCUT2D eigenvalue weighted by Gasteiger charge is 2.22. The lowest BCUT2D eigenvalue weighted by atomic mass is 10.0. The number of fused-ring (bicyclic) bond motifs is 1. The van der Waals surface area contributed by atoms with E-state index in [0.29, 0.717) is 5.56 Å². The highest BCUT2D eigenvalue weighted by atomic mass is 19.1. The molecule has 1 saturated heterocycles. The minimum Gasteiger partial charge on any atom is -0.355 e. The van der Waals surface area contributed by atoms with Gasteiger partial charge in [-0.15, -0.1) is 15.3 Å². The van der Waals surface area contributed by atoms with Gasteiger partial charge in [-0.05, 0) is 56.2 Å². The van der Waals surface area contributed by atoms with Crippen molar-refractivity contribution in [3.8, 4) is 0 Å². The molecular formula is C18H19FN6O. The standard InChI is InChI=1S/C18H19FN6O/c1-12-21-22-16-6-7-17(23-25(12)16)24-10-8-15(9-11-24)20-18(26)13-2-4-14(19)5-3-13/h2-7,15H,8-11H2,1H3,(H,20,26). The average Bonchev–Trinajstić information content (AvgIpc) is 3.03. The Bertz CT molecular complexity index is 931. The van der Waals surface area contributed by atoms with E-state index < -0.39 is 0 Å². The van der Waals surface area contributed by atoms with Gasteiger partial charge in [-0.2, -0.15) is 4.52 Å². The van der Waals surface area contributed by atoms with Crippen molar-refractivity contribution in [3.05, 3.63) is 53.6 Å². The maximum atomic E-state index is 13.0. The number of benzene rings is 1. The van der Waals surface area contributed by atoms with Gasteiger partial charge in [0.2, 0.25) is 0 Å². The van der Waals surface area contributed by atoms with Crippen molar-refractivity contribution in [2.75, 3.05) is 18.0 Å². The average molecular weight is 354 g/mol. The SMILES string of the molecule is Cc1nnc2ccc(N3CCC(NC(=O)c4ccc(F)cc4)CC3)nn12. The van der Waals surface area contributed by atoms with E-state index in [1.165, 1.54) is 24.3 Å². The van der Waals surface area contributed by atoms with Crippen LogP contribution in [-0.4, -0.2) is 44.8 Å².